The number of hydrogen-bond donors (Lipinski definition) is 2. The molecule has 0 saturated heterocycles. The average molecular weight is 244 g/mol. The number of halogens is 1. The zero-order chi connectivity index (χ0) is 9.42. The molecule has 0 aromatic heterocycles. The van der Waals surface area contributed by atoms with Gasteiger partial charge in [0.1, 0.15) is 18.5 Å². The van der Waals surface area contributed by atoms with Crippen molar-refractivity contribution in [1.29, 1.82) is 0 Å². The Morgan fingerprint density at radius 3 is 3.08 bits per heavy atom. The highest BCUT2D eigenvalue weighted by Gasteiger charge is 2.25. The molecule has 1 aliphatic heterocycles. The number of hydrogen-bond acceptors (Lipinski definition) is 3. The lowest BCUT2D eigenvalue weighted by Gasteiger charge is -2.27. The van der Waals surface area contributed by atoms with Crippen LogP contribution in [0.25, 0.3) is 0 Å². The van der Waals surface area contributed by atoms with Crippen LogP contribution in [0.1, 0.15) is 11.6 Å². The van der Waals surface area contributed by atoms with E-state index in [2.05, 4.69) is 15.9 Å². The predicted molar refractivity (Wildman–Crippen MR) is 52.6 cm³/mol. The first kappa shape index (κ1) is 8.99. The molecule has 0 fully saturated rings. The Kier molecular flexibility index (Phi) is 2.27. The third kappa shape index (κ3) is 1.57. The third-order valence-corrected chi connectivity index (χ3v) is 2.65. The zero-order valence-electron chi connectivity index (χ0n) is 6.90. The van der Waals surface area contributed by atoms with Crippen molar-refractivity contribution >= 4 is 15.9 Å². The quantitative estimate of drug-likeness (QED) is 0.721. The van der Waals surface area contributed by atoms with Crippen LogP contribution < -0.4 is 10.5 Å². The Bertz CT molecular complexity index is 329. The molecule has 0 spiro atoms. The van der Waals surface area contributed by atoms with Crippen LogP contribution in [-0.2, 0) is 0 Å². The summed E-state index contributed by atoms with van der Waals surface area (Å²) in [5.74, 6) is 0.757. The molecule has 0 aliphatic carbocycles. The van der Waals surface area contributed by atoms with Gasteiger partial charge in [-0.2, -0.15) is 0 Å². The first-order valence-corrected chi connectivity index (χ1v) is 4.83. The molecule has 13 heavy (non-hydrogen) atoms. The standard InChI is InChI=1S/C9H10BrNO2/c10-5-1-2-6-8(3-5)13-4-7(12)9(6)11/h1-3,7,9,12H,4,11H2/t7-,9+/m0/s1. The van der Waals surface area contributed by atoms with Crippen LogP contribution in [0.4, 0.5) is 0 Å². The van der Waals surface area contributed by atoms with Gasteiger partial charge in [0.25, 0.3) is 0 Å². The van der Waals surface area contributed by atoms with Gasteiger partial charge in [0.05, 0.1) is 6.04 Å². The highest BCUT2D eigenvalue weighted by Crippen LogP contribution is 2.32. The van der Waals surface area contributed by atoms with Crippen LogP contribution in [0.3, 0.4) is 0 Å². The van der Waals surface area contributed by atoms with Crippen molar-refractivity contribution < 1.29 is 9.84 Å². The number of ether oxygens (including phenoxy) is 1. The van der Waals surface area contributed by atoms with Gasteiger partial charge in [0.15, 0.2) is 0 Å². The number of fused-ring (bicyclic) bond motifs is 1. The smallest absolute Gasteiger partial charge is 0.125 e. The van der Waals surface area contributed by atoms with E-state index in [0.717, 1.165) is 15.8 Å². The Morgan fingerprint density at radius 2 is 2.31 bits per heavy atom. The predicted octanol–water partition coefficient (Wildman–Crippen LogP) is 1.20. The lowest BCUT2D eigenvalue weighted by molar-refractivity contribution is 0.0678. The minimum Gasteiger partial charge on any atom is -0.490 e. The lowest BCUT2D eigenvalue weighted by atomic mass is 9.99. The molecule has 2 atom stereocenters. The van der Waals surface area contributed by atoms with E-state index in [-0.39, 0.29) is 12.6 Å². The van der Waals surface area contributed by atoms with E-state index in [1.165, 1.54) is 0 Å². The second-order valence-electron chi connectivity index (χ2n) is 3.09. The van der Waals surface area contributed by atoms with Crippen molar-refractivity contribution in [2.24, 2.45) is 5.73 Å². The molecule has 2 rings (SSSR count). The van der Waals surface area contributed by atoms with Gasteiger partial charge in [-0.15, -0.1) is 0 Å². The highest BCUT2D eigenvalue weighted by atomic mass is 79.9. The molecule has 1 heterocycles. The van der Waals surface area contributed by atoms with Crippen molar-refractivity contribution in [3.05, 3.63) is 28.2 Å². The average Bonchev–Trinajstić information content (AvgIpc) is 2.12. The van der Waals surface area contributed by atoms with Crippen LogP contribution in [0, 0.1) is 0 Å². The molecule has 1 aliphatic rings. The maximum atomic E-state index is 9.43. The third-order valence-electron chi connectivity index (χ3n) is 2.16. The Morgan fingerprint density at radius 1 is 1.54 bits per heavy atom. The monoisotopic (exact) mass is 243 g/mol. The van der Waals surface area contributed by atoms with Crippen molar-refractivity contribution in [1.82, 2.24) is 0 Å². The van der Waals surface area contributed by atoms with Crippen LogP contribution in [0.5, 0.6) is 5.75 Å². The fraction of sp³-hybridized carbons (Fsp3) is 0.333. The summed E-state index contributed by atoms with van der Waals surface area (Å²) in [6.45, 7) is 0.268. The van der Waals surface area contributed by atoms with Crippen molar-refractivity contribution in [3.63, 3.8) is 0 Å². The van der Waals surface area contributed by atoms with E-state index in [4.69, 9.17) is 10.5 Å². The molecule has 0 radical (unpaired) electrons. The van der Waals surface area contributed by atoms with Gasteiger partial charge in [-0.1, -0.05) is 22.0 Å². The fourth-order valence-corrected chi connectivity index (χ4v) is 1.73. The summed E-state index contributed by atoms with van der Waals surface area (Å²) in [5, 5.41) is 9.43. The molecule has 0 unspecified atom stereocenters. The summed E-state index contributed by atoms with van der Waals surface area (Å²) < 4.78 is 6.28. The molecule has 3 nitrogen and oxygen atoms in total. The van der Waals surface area contributed by atoms with Crippen molar-refractivity contribution in [2.45, 2.75) is 12.1 Å². The van der Waals surface area contributed by atoms with E-state index >= 15 is 0 Å². The minimum atomic E-state index is -0.603. The molecule has 0 bridgehead atoms. The van der Waals surface area contributed by atoms with Crippen LogP contribution in [0.15, 0.2) is 22.7 Å². The summed E-state index contributed by atoms with van der Waals surface area (Å²) in [6, 6.07) is 5.28. The van der Waals surface area contributed by atoms with Gasteiger partial charge in [-0.3, -0.25) is 0 Å². The second-order valence-corrected chi connectivity index (χ2v) is 4.00. The normalized spacial score (nSPS) is 26.4. The molecular formula is C9H10BrNO2. The first-order chi connectivity index (χ1) is 6.18. The summed E-state index contributed by atoms with van der Waals surface area (Å²) >= 11 is 3.34. The van der Waals surface area contributed by atoms with E-state index in [9.17, 15) is 5.11 Å². The maximum absolute atomic E-state index is 9.43. The highest BCUT2D eigenvalue weighted by molar-refractivity contribution is 9.10. The van der Waals surface area contributed by atoms with Crippen molar-refractivity contribution in [3.8, 4) is 5.75 Å². The van der Waals surface area contributed by atoms with Gasteiger partial charge in [0, 0.05) is 10.0 Å². The van der Waals surface area contributed by atoms with E-state index in [0.29, 0.717) is 0 Å². The molecule has 4 heteroatoms. The maximum Gasteiger partial charge on any atom is 0.125 e. The Balaban J connectivity index is 2.44. The first-order valence-electron chi connectivity index (χ1n) is 4.04. The van der Waals surface area contributed by atoms with Crippen LogP contribution in [-0.4, -0.2) is 17.8 Å². The molecule has 70 valence electrons. The van der Waals surface area contributed by atoms with Gasteiger partial charge < -0.3 is 15.6 Å². The van der Waals surface area contributed by atoms with Gasteiger partial charge >= 0.3 is 0 Å². The van der Waals surface area contributed by atoms with E-state index in [1.54, 1.807) is 0 Å². The van der Waals surface area contributed by atoms with Gasteiger partial charge in [-0.05, 0) is 12.1 Å². The zero-order valence-corrected chi connectivity index (χ0v) is 8.49. The van der Waals surface area contributed by atoms with Gasteiger partial charge in [0.2, 0.25) is 0 Å². The number of benzene rings is 1. The molecule has 0 saturated carbocycles. The topological polar surface area (TPSA) is 55.5 Å². The van der Waals surface area contributed by atoms with Crippen molar-refractivity contribution in [2.75, 3.05) is 6.61 Å². The number of aliphatic hydroxyl groups excluding tert-OH is 1. The van der Waals surface area contributed by atoms with E-state index in [1.807, 2.05) is 18.2 Å². The Labute approximate surface area is 84.6 Å². The molecule has 3 N–H and O–H groups in total. The SMILES string of the molecule is N[C@@H]1c2ccc(Br)cc2OC[C@@H]1O. The second kappa shape index (κ2) is 3.29. The number of aliphatic hydroxyl groups is 1. The molecule has 1 aromatic carbocycles. The lowest BCUT2D eigenvalue weighted by Crippen LogP contribution is -2.35. The Hall–Kier alpha value is -0.580. The molecule has 0 amide bonds. The largest absolute Gasteiger partial charge is 0.490 e. The molecular weight excluding hydrogens is 234 g/mol. The fourth-order valence-electron chi connectivity index (χ4n) is 1.39. The summed E-state index contributed by atoms with van der Waals surface area (Å²) in [6.07, 6.45) is -0.603. The van der Waals surface area contributed by atoms with Gasteiger partial charge in [-0.25, -0.2) is 0 Å². The number of nitrogens with two attached hydrogens (primary N) is 1. The summed E-state index contributed by atoms with van der Waals surface area (Å²) in [7, 11) is 0. The number of rotatable bonds is 0. The summed E-state index contributed by atoms with van der Waals surface area (Å²) in [5.41, 5.74) is 6.66. The van der Waals surface area contributed by atoms with E-state index < -0.39 is 6.10 Å². The molecule has 1 aromatic rings. The minimum absolute atomic E-state index is 0.268. The van der Waals surface area contributed by atoms with Crippen LogP contribution in [0.2, 0.25) is 0 Å². The summed E-state index contributed by atoms with van der Waals surface area (Å²) in [4.78, 5) is 0. The van der Waals surface area contributed by atoms with Crippen LogP contribution >= 0.6 is 15.9 Å².